The zero-order chi connectivity index (χ0) is 13.7. The zero-order valence-electron chi connectivity index (χ0n) is 10.3. The number of carbonyl (C=O) groups excluding carboxylic acids is 1. The highest BCUT2D eigenvalue weighted by atomic mass is 79.9. The van der Waals surface area contributed by atoms with E-state index < -0.39 is 0 Å². The summed E-state index contributed by atoms with van der Waals surface area (Å²) in [4.78, 5) is 11.0. The molecule has 0 aliphatic carbocycles. The highest BCUT2D eigenvalue weighted by Gasteiger charge is 2.15. The smallest absolute Gasteiger partial charge is 0.227 e. The molecule has 2 N–H and O–H groups in total. The van der Waals surface area contributed by atoms with Crippen LogP contribution in [0.1, 0.15) is 16.4 Å². The molecule has 1 unspecified atom stereocenters. The number of thioether (sulfide) groups is 1. The lowest BCUT2D eigenvalue weighted by Gasteiger charge is -2.17. The number of amides is 1. The van der Waals surface area contributed by atoms with Gasteiger partial charge in [0, 0.05) is 4.47 Å². The van der Waals surface area contributed by atoms with Crippen LogP contribution in [0, 0.1) is 0 Å². The predicted octanol–water partition coefficient (Wildman–Crippen LogP) is 3.76. The first-order valence-corrected chi connectivity index (χ1v) is 7.71. The van der Waals surface area contributed by atoms with Crippen molar-refractivity contribution < 1.29 is 4.79 Å². The Balaban J connectivity index is 2.31. The van der Waals surface area contributed by atoms with Crippen LogP contribution in [0.25, 0.3) is 0 Å². The summed E-state index contributed by atoms with van der Waals surface area (Å²) in [6, 6.07) is 18.3. The van der Waals surface area contributed by atoms with Gasteiger partial charge in [-0.1, -0.05) is 58.4 Å². The molecule has 0 bridgehead atoms. The fraction of sp³-hybridized carbons (Fsp3) is 0.133. The molecule has 1 atom stereocenters. The topological polar surface area (TPSA) is 43.1 Å². The number of hydrogen-bond donors (Lipinski definition) is 1. The second-order valence-electron chi connectivity index (χ2n) is 4.12. The lowest BCUT2D eigenvalue weighted by atomic mass is 10.0. The Labute approximate surface area is 125 Å². The van der Waals surface area contributed by atoms with E-state index in [2.05, 4.69) is 40.2 Å². The molecule has 4 heteroatoms. The maximum atomic E-state index is 11.0. The Morgan fingerprint density at radius 2 is 1.79 bits per heavy atom. The second kappa shape index (κ2) is 6.78. The Hall–Kier alpha value is -1.26. The van der Waals surface area contributed by atoms with Gasteiger partial charge in [0.2, 0.25) is 5.91 Å². The fourth-order valence-corrected chi connectivity index (χ4v) is 3.28. The van der Waals surface area contributed by atoms with Crippen molar-refractivity contribution in [2.45, 2.75) is 5.25 Å². The summed E-state index contributed by atoms with van der Waals surface area (Å²) < 4.78 is 1.03. The minimum absolute atomic E-state index is 0.117. The summed E-state index contributed by atoms with van der Waals surface area (Å²) >= 11 is 5.03. The van der Waals surface area contributed by atoms with Crippen LogP contribution in [-0.2, 0) is 4.79 Å². The third kappa shape index (κ3) is 4.11. The zero-order valence-corrected chi connectivity index (χ0v) is 12.7. The van der Waals surface area contributed by atoms with Gasteiger partial charge in [-0.05, 0) is 23.3 Å². The molecule has 0 saturated heterocycles. The van der Waals surface area contributed by atoms with E-state index in [4.69, 9.17) is 5.73 Å². The van der Waals surface area contributed by atoms with E-state index in [-0.39, 0.29) is 11.2 Å². The fourth-order valence-electron chi connectivity index (χ4n) is 1.85. The van der Waals surface area contributed by atoms with Gasteiger partial charge in [0.1, 0.15) is 0 Å². The maximum Gasteiger partial charge on any atom is 0.227 e. The van der Waals surface area contributed by atoms with Crippen LogP contribution in [0.2, 0.25) is 0 Å². The molecule has 98 valence electrons. The van der Waals surface area contributed by atoms with Crippen molar-refractivity contribution in [3.63, 3.8) is 0 Å². The minimum Gasteiger partial charge on any atom is -0.369 e. The lowest BCUT2D eigenvalue weighted by molar-refractivity contribution is -0.115. The third-order valence-electron chi connectivity index (χ3n) is 2.65. The minimum atomic E-state index is -0.291. The standard InChI is InChI=1S/C15H14BrNOS/c16-13-8-4-7-12(9-13)15(19-10-14(17)18)11-5-2-1-3-6-11/h1-9,15H,10H2,(H2,17,18). The number of primary amides is 1. The molecule has 2 aromatic carbocycles. The predicted molar refractivity (Wildman–Crippen MR) is 84.1 cm³/mol. The molecule has 0 saturated carbocycles. The van der Waals surface area contributed by atoms with Crippen molar-refractivity contribution in [2.24, 2.45) is 5.73 Å². The van der Waals surface area contributed by atoms with E-state index in [9.17, 15) is 4.79 Å². The number of nitrogens with two attached hydrogens (primary N) is 1. The maximum absolute atomic E-state index is 11.0. The summed E-state index contributed by atoms with van der Waals surface area (Å²) in [7, 11) is 0. The quantitative estimate of drug-likeness (QED) is 0.903. The average Bonchev–Trinajstić information content (AvgIpc) is 2.40. The van der Waals surface area contributed by atoms with Crippen molar-refractivity contribution >= 4 is 33.6 Å². The van der Waals surface area contributed by atoms with Crippen molar-refractivity contribution in [1.29, 1.82) is 0 Å². The van der Waals surface area contributed by atoms with Crippen LogP contribution < -0.4 is 5.73 Å². The molecule has 0 spiro atoms. The molecule has 2 nitrogen and oxygen atoms in total. The van der Waals surface area contributed by atoms with Gasteiger partial charge in [-0.3, -0.25) is 4.79 Å². The van der Waals surface area contributed by atoms with E-state index >= 15 is 0 Å². The van der Waals surface area contributed by atoms with Crippen molar-refractivity contribution in [2.75, 3.05) is 5.75 Å². The Kier molecular flexibility index (Phi) is 5.05. The molecule has 0 aliphatic rings. The lowest BCUT2D eigenvalue weighted by Crippen LogP contribution is -2.14. The molecule has 19 heavy (non-hydrogen) atoms. The average molecular weight is 336 g/mol. The van der Waals surface area contributed by atoms with Gasteiger partial charge in [0.25, 0.3) is 0 Å². The summed E-state index contributed by atoms with van der Waals surface area (Å²) in [5, 5.41) is 0.117. The van der Waals surface area contributed by atoms with E-state index in [0.29, 0.717) is 5.75 Å². The number of carbonyl (C=O) groups is 1. The van der Waals surface area contributed by atoms with E-state index in [1.807, 2.05) is 30.3 Å². The van der Waals surface area contributed by atoms with E-state index in [0.717, 1.165) is 10.0 Å². The van der Waals surface area contributed by atoms with Gasteiger partial charge < -0.3 is 5.73 Å². The highest BCUT2D eigenvalue weighted by Crippen LogP contribution is 2.36. The van der Waals surface area contributed by atoms with Crippen LogP contribution in [0.15, 0.2) is 59.1 Å². The van der Waals surface area contributed by atoms with Gasteiger partial charge in [-0.25, -0.2) is 0 Å². The van der Waals surface area contributed by atoms with Crippen molar-refractivity contribution in [3.8, 4) is 0 Å². The van der Waals surface area contributed by atoms with Gasteiger partial charge >= 0.3 is 0 Å². The first-order valence-electron chi connectivity index (χ1n) is 5.87. The Morgan fingerprint density at radius 3 is 2.42 bits per heavy atom. The first-order chi connectivity index (χ1) is 9.16. The summed E-state index contributed by atoms with van der Waals surface area (Å²) in [5.41, 5.74) is 7.59. The normalized spacial score (nSPS) is 12.1. The number of benzene rings is 2. The number of rotatable bonds is 5. The summed E-state index contributed by atoms with van der Waals surface area (Å²) in [6.07, 6.45) is 0. The molecule has 0 aromatic heterocycles. The van der Waals surface area contributed by atoms with E-state index in [1.54, 1.807) is 11.8 Å². The van der Waals surface area contributed by atoms with Gasteiger partial charge in [-0.15, -0.1) is 11.8 Å². The monoisotopic (exact) mass is 335 g/mol. The SMILES string of the molecule is NC(=O)CSC(c1ccccc1)c1cccc(Br)c1. The number of halogens is 1. The second-order valence-corrected chi connectivity index (χ2v) is 6.13. The van der Waals surface area contributed by atoms with Gasteiger partial charge in [0.15, 0.2) is 0 Å². The first kappa shape index (κ1) is 14.2. The van der Waals surface area contributed by atoms with Crippen LogP contribution >= 0.6 is 27.7 Å². The molecule has 0 fully saturated rings. The van der Waals surface area contributed by atoms with Gasteiger partial charge in [-0.2, -0.15) is 0 Å². The van der Waals surface area contributed by atoms with E-state index in [1.165, 1.54) is 5.56 Å². The molecular weight excluding hydrogens is 322 g/mol. The molecular formula is C15H14BrNOS. The largest absolute Gasteiger partial charge is 0.369 e. The van der Waals surface area contributed by atoms with Crippen LogP contribution in [0.3, 0.4) is 0 Å². The molecule has 2 rings (SSSR count). The Bertz CT molecular complexity index is 559. The van der Waals surface area contributed by atoms with Gasteiger partial charge in [0.05, 0.1) is 11.0 Å². The molecule has 0 aliphatic heterocycles. The number of hydrogen-bond acceptors (Lipinski definition) is 2. The summed E-state index contributed by atoms with van der Waals surface area (Å²) in [6.45, 7) is 0. The highest BCUT2D eigenvalue weighted by molar-refractivity contribution is 9.10. The molecule has 2 aromatic rings. The van der Waals surface area contributed by atoms with Crippen molar-refractivity contribution in [1.82, 2.24) is 0 Å². The summed E-state index contributed by atoms with van der Waals surface area (Å²) in [5.74, 6) is 0.0208. The van der Waals surface area contributed by atoms with Crippen LogP contribution in [-0.4, -0.2) is 11.7 Å². The third-order valence-corrected chi connectivity index (χ3v) is 4.47. The molecule has 0 radical (unpaired) electrons. The van der Waals surface area contributed by atoms with Crippen LogP contribution in [0.5, 0.6) is 0 Å². The molecule has 1 amide bonds. The van der Waals surface area contributed by atoms with Crippen molar-refractivity contribution in [3.05, 3.63) is 70.2 Å². The molecule has 0 heterocycles. The Morgan fingerprint density at radius 1 is 1.11 bits per heavy atom. The van der Waals surface area contributed by atoms with Crippen LogP contribution in [0.4, 0.5) is 0 Å².